The molecule has 1 fully saturated rings. The van der Waals surface area contributed by atoms with Crippen molar-refractivity contribution in [3.05, 3.63) is 21.9 Å². The molecule has 2 aliphatic heterocycles. The van der Waals surface area contributed by atoms with Gasteiger partial charge in [-0.15, -0.1) is 11.3 Å². The summed E-state index contributed by atoms with van der Waals surface area (Å²) in [4.78, 5) is 15.9. The Kier molecular flexibility index (Phi) is 4.07. The fourth-order valence-electron chi connectivity index (χ4n) is 3.14. The second kappa shape index (κ2) is 5.70. The number of sulfonamides is 1. The second-order valence-electron chi connectivity index (χ2n) is 5.84. The van der Waals surface area contributed by atoms with Crippen LogP contribution in [0.3, 0.4) is 0 Å². The van der Waals surface area contributed by atoms with E-state index in [1.54, 1.807) is 11.3 Å². The Morgan fingerprint density at radius 1 is 1.38 bits per heavy atom. The van der Waals surface area contributed by atoms with Gasteiger partial charge in [0.15, 0.2) is 0 Å². The highest BCUT2D eigenvalue weighted by atomic mass is 32.2. The molecule has 0 aliphatic carbocycles. The zero-order chi connectivity index (χ0) is 15.0. The lowest BCUT2D eigenvalue weighted by molar-refractivity contribution is -0.137. The molecule has 5 nitrogen and oxygen atoms in total. The molecule has 1 saturated heterocycles. The Balaban J connectivity index is 1.68. The van der Waals surface area contributed by atoms with Crippen LogP contribution in [0.4, 0.5) is 0 Å². The van der Waals surface area contributed by atoms with E-state index in [0.717, 1.165) is 25.8 Å². The quantitative estimate of drug-likeness (QED) is 0.822. The van der Waals surface area contributed by atoms with Crippen LogP contribution in [0.1, 0.15) is 23.3 Å². The topological polar surface area (TPSA) is 57.7 Å². The fraction of sp³-hybridized carbons (Fsp3) is 0.643. The first-order valence-electron chi connectivity index (χ1n) is 7.24. The molecule has 1 atom stereocenters. The molecule has 0 N–H and O–H groups in total. The molecular formula is C14H20N2O3S2. The molecule has 1 unspecified atom stereocenters. The summed E-state index contributed by atoms with van der Waals surface area (Å²) in [5.41, 5.74) is 1.25. The van der Waals surface area contributed by atoms with Gasteiger partial charge in [-0.1, -0.05) is 0 Å². The van der Waals surface area contributed by atoms with E-state index in [1.807, 2.05) is 4.90 Å². The number of carbonyl (C=O) groups is 1. The highest BCUT2D eigenvalue weighted by Gasteiger charge is 2.33. The third-order valence-electron chi connectivity index (χ3n) is 4.32. The maximum absolute atomic E-state index is 12.7. The van der Waals surface area contributed by atoms with Gasteiger partial charge in [0, 0.05) is 31.1 Å². The highest BCUT2D eigenvalue weighted by molar-refractivity contribution is 7.88. The van der Waals surface area contributed by atoms with E-state index in [1.165, 1.54) is 21.0 Å². The maximum atomic E-state index is 12.7. The largest absolute Gasteiger partial charge is 0.338 e. The molecule has 7 heteroatoms. The van der Waals surface area contributed by atoms with Gasteiger partial charge >= 0.3 is 0 Å². The molecule has 1 amide bonds. The Labute approximate surface area is 129 Å². The van der Waals surface area contributed by atoms with E-state index in [0.29, 0.717) is 19.6 Å². The van der Waals surface area contributed by atoms with E-state index in [2.05, 4.69) is 11.4 Å². The van der Waals surface area contributed by atoms with Gasteiger partial charge < -0.3 is 4.90 Å². The van der Waals surface area contributed by atoms with E-state index in [4.69, 9.17) is 0 Å². The van der Waals surface area contributed by atoms with Crippen molar-refractivity contribution in [2.75, 3.05) is 25.9 Å². The van der Waals surface area contributed by atoms with Crippen LogP contribution >= 0.6 is 11.3 Å². The van der Waals surface area contributed by atoms with Gasteiger partial charge in [0.25, 0.3) is 0 Å². The summed E-state index contributed by atoms with van der Waals surface area (Å²) in [5.74, 6) is -0.0751. The molecule has 0 bridgehead atoms. The van der Waals surface area contributed by atoms with Crippen LogP contribution in [0.15, 0.2) is 11.4 Å². The normalized spacial score (nSPS) is 23.9. The van der Waals surface area contributed by atoms with E-state index >= 15 is 0 Å². The van der Waals surface area contributed by atoms with E-state index in [-0.39, 0.29) is 11.8 Å². The molecule has 0 aromatic carbocycles. The van der Waals surface area contributed by atoms with Crippen LogP contribution < -0.4 is 0 Å². The Hall–Kier alpha value is -0.920. The molecule has 0 saturated carbocycles. The molecule has 116 valence electrons. The van der Waals surface area contributed by atoms with Crippen molar-refractivity contribution in [1.82, 2.24) is 9.21 Å². The van der Waals surface area contributed by atoms with Gasteiger partial charge in [-0.3, -0.25) is 4.79 Å². The van der Waals surface area contributed by atoms with Crippen molar-refractivity contribution in [3.8, 4) is 0 Å². The van der Waals surface area contributed by atoms with Gasteiger partial charge in [-0.2, -0.15) is 0 Å². The number of piperidine rings is 1. The zero-order valence-corrected chi connectivity index (χ0v) is 13.8. The van der Waals surface area contributed by atoms with Crippen molar-refractivity contribution in [1.29, 1.82) is 0 Å². The van der Waals surface area contributed by atoms with E-state index in [9.17, 15) is 13.2 Å². The Morgan fingerprint density at radius 3 is 2.95 bits per heavy atom. The van der Waals surface area contributed by atoms with Gasteiger partial charge in [0.2, 0.25) is 15.9 Å². The molecular weight excluding hydrogens is 308 g/mol. The summed E-state index contributed by atoms with van der Waals surface area (Å²) in [7, 11) is -3.20. The van der Waals surface area contributed by atoms with Crippen LogP contribution in [-0.2, 0) is 27.8 Å². The minimum absolute atomic E-state index is 0.111. The van der Waals surface area contributed by atoms with Crippen molar-refractivity contribution < 1.29 is 13.2 Å². The molecule has 0 radical (unpaired) electrons. The predicted molar refractivity (Wildman–Crippen MR) is 82.6 cm³/mol. The van der Waals surface area contributed by atoms with Crippen molar-refractivity contribution in [3.63, 3.8) is 0 Å². The summed E-state index contributed by atoms with van der Waals surface area (Å²) in [6.07, 6.45) is 3.69. The lowest BCUT2D eigenvalue weighted by Gasteiger charge is -2.35. The first kappa shape index (κ1) is 15.0. The smallest absolute Gasteiger partial charge is 0.227 e. The lowest BCUT2D eigenvalue weighted by Crippen LogP contribution is -2.47. The number of nitrogens with zero attached hydrogens (tertiary/aromatic N) is 2. The minimum Gasteiger partial charge on any atom is -0.338 e. The predicted octanol–water partition coefficient (Wildman–Crippen LogP) is 1.30. The monoisotopic (exact) mass is 328 g/mol. The summed E-state index contributed by atoms with van der Waals surface area (Å²) < 4.78 is 24.8. The number of hydrogen-bond donors (Lipinski definition) is 0. The molecule has 1 aromatic rings. The number of rotatable bonds is 2. The first-order chi connectivity index (χ1) is 9.95. The molecule has 3 heterocycles. The fourth-order valence-corrected chi connectivity index (χ4v) is 4.94. The third kappa shape index (κ3) is 3.14. The zero-order valence-electron chi connectivity index (χ0n) is 12.1. The third-order valence-corrected chi connectivity index (χ3v) is 6.61. The first-order valence-corrected chi connectivity index (χ1v) is 9.97. The van der Waals surface area contributed by atoms with Gasteiger partial charge in [-0.25, -0.2) is 12.7 Å². The number of fused-ring (bicyclic) bond motifs is 1. The lowest BCUT2D eigenvalue weighted by atomic mass is 9.97. The molecule has 21 heavy (non-hydrogen) atoms. The molecule has 3 rings (SSSR count). The van der Waals surface area contributed by atoms with Crippen LogP contribution in [-0.4, -0.2) is 49.4 Å². The number of carbonyl (C=O) groups excluding carboxylic acids is 1. The molecule has 2 aliphatic rings. The average molecular weight is 328 g/mol. The minimum atomic E-state index is -3.20. The van der Waals surface area contributed by atoms with Crippen molar-refractivity contribution in [2.24, 2.45) is 5.92 Å². The standard InChI is InChI=1S/C14H20N2O3S2/c1-21(18,19)16-6-2-3-12(10-16)14(17)15-7-4-13-11(9-15)5-8-20-13/h5,8,12H,2-4,6-7,9-10H2,1H3. The van der Waals surface area contributed by atoms with Gasteiger partial charge in [0.1, 0.15) is 0 Å². The van der Waals surface area contributed by atoms with Crippen molar-refractivity contribution in [2.45, 2.75) is 25.8 Å². The highest BCUT2D eigenvalue weighted by Crippen LogP contribution is 2.27. The van der Waals surface area contributed by atoms with Gasteiger partial charge in [-0.05, 0) is 36.3 Å². The van der Waals surface area contributed by atoms with Crippen LogP contribution in [0.25, 0.3) is 0 Å². The molecule has 1 aromatic heterocycles. The number of amides is 1. The van der Waals surface area contributed by atoms with Crippen LogP contribution in [0.2, 0.25) is 0 Å². The summed E-state index contributed by atoms with van der Waals surface area (Å²) in [6.45, 7) is 2.30. The summed E-state index contributed by atoms with van der Waals surface area (Å²) in [5, 5.41) is 2.07. The van der Waals surface area contributed by atoms with Crippen LogP contribution in [0, 0.1) is 5.92 Å². The van der Waals surface area contributed by atoms with Crippen molar-refractivity contribution >= 4 is 27.3 Å². The average Bonchev–Trinajstić information content (AvgIpc) is 2.93. The number of hydrogen-bond acceptors (Lipinski definition) is 4. The summed E-state index contributed by atoms with van der Waals surface area (Å²) in [6, 6.07) is 2.09. The second-order valence-corrected chi connectivity index (χ2v) is 8.82. The van der Waals surface area contributed by atoms with Crippen LogP contribution in [0.5, 0.6) is 0 Å². The maximum Gasteiger partial charge on any atom is 0.227 e. The Bertz CT molecular complexity index is 638. The molecule has 0 spiro atoms. The van der Waals surface area contributed by atoms with Gasteiger partial charge in [0.05, 0.1) is 12.2 Å². The van der Waals surface area contributed by atoms with E-state index < -0.39 is 10.0 Å². The Morgan fingerprint density at radius 2 is 2.19 bits per heavy atom. The SMILES string of the molecule is CS(=O)(=O)N1CCCC(C(=O)N2CCc3sccc3C2)C1. The number of thiophene rings is 1. The summed E-state index contributed by atoms with van der Waals surface area (Å²) >= 11 is 1.75.